The molecular formula is C21H26F6N4O6S. The van der Waals surface area contributed by atoms with Crippen molar-refractivity contribution in [3.8, 4) is 0 Å². The summed E-state index contributed by atoms with van der Waals surface area (Å²) in [5.41, 5.74) is 2.18. The number of carbonyl (C=O) groups is 2. The number of alkyl halides is 6. The van der Waals surface area contributed by atoms with Crippen LogP contribution in [-0.4, -0.2) is 85.2 Å². The molecule has 2 aromatic rings. The van der Waals surface area contributed by atoms with Crippen molar-refractivity contribution >= 4 is 38.6 Å². The Kier molecular flexibility index (Phi) is 11.7. The minimum Gasteiger partial charge on any atom is -0.475 e. The highest BCUT2D eigenvalue weighted by atomic mass is 32.2. The van der Waals surface area contributed by atoms with Gasteiger partial charge in [0.05, 0.1) is 22.1 Å². The molecule has 1 aromatic heterocycles. The molecule has 1 aromatic carbocycles. The van der Waals surface area contributed by atoms with E-state index in [1.165, 1.54) is 0 Å². The Bertz CT molecular complexity index is 1170. The van der Waals surface area contributed by atoms with Crippen LogP contribution in [0.4, 0.5) is 32.0 Å². The number of sulfonamides is 1. The van der Waals surface area contributed by atoms with E-state index in [2.05, 4.69) is 15.0 Å². The first-order valence-electron chi connectivity index (χ1n) is 10.7. The first-order valence-corrected chi connectivity index (χ1v) is 12.2. The maximum absolute atomic E-state index is 12.7. The number of halogens is 6. The van der Waals surface area contributed by atoms with Gasteiger partial charge < -0.3 is 20.4 Å². The van der Waals surface area contributed by atoms with Gasteiger partial charge in [0, 0.05) is 11.9 Å². The quantitative estimate of drug-likeness (QED) is 0.394. The maximum atomic E-state index is 12.7. The van der Waals surface area contributed by atoms with Crippen molar-refractivity contribution in [1.29, 1.82) is 0 Å². The number of fused-ring (bicyclic) bond motifs is 1. The van der Waals surface area contributed by atoms with Crippen LogP contribution < -0.4 is 10.0 Å². The highest BCUT2D eigenvalue weighted by Gasteiger charge is 2.38. The summed E-state index contributed by atoms with van der Waals surface area (Å²) in [6, 6.07) is 9.56. The highest BCUT2D eigenvalue weighted by molar-refractivity contribution is 7.93. The SMILES string of the molecule is CN(C)Cc1ccc2cccc(NS(=O)(=O)C3CCNCC3)c2n1.O=C(O)C(F)(F)F.O=C(O)C(F)(F)F. The molecule has 3 rings (SSSR count). The fraction of sp³-hybridized carbons (Fsp3) is 0.476. The van der Waals surface area contributed by atoms with Gasteiger partial charge in [0.1, 0.15) is 0 Å². The summed E-state index contributed by atoms with van der Waals surface area (Å²) in [6.45, 7) is 2.20. The molecule has 0 amide bonds. The number of hydrogen-bond acceptors (Lipinski definition) is 7. The minimum absolute atomic E-state index is 0.348. The second-order valence-electron chi connectivity index (χ2n) is 8.12. The summed E-state index contributed by atoms with van der Waals surface area (Å²) in [5, 5.41) is 18.0. The Morgan fingerprint density at radius 1 is 1.00 bits per heavy atom. The van der Waals surface area contributed by atoms with Gasteiger partial charge in [0.15, 0.2) is 0 Å². The predicted octanol–water partition coefficient (Wildman–Crippen LogP) is 3.06. The van der Waals surface area contributed by atoms with Crippen LogP contribution >= 0.6 is 0 Å². The van der Waals surface area contributed by atoms with Gasteiger partial charge in [-0.3, -0.25) is 4.72 Å². The van der Waals surface area contributed by atoms with Gasteiger partial charge in [-0.05, 0) is 52.2 Å². The summed E-state index contributed by atoms with van der Waals surface area (Å²) in [7, 11) is 0.563. The van der Waals surface area contributed by atoms with E-state index in [0.29, 0.717) is 30.6 Å². The van der Waals surface area contributed by atoms with Crippen LogP contribution in [0.1, 0.15) is 18.5 Å². The largest absolute Gasteiger partial charge is 0.490 e. The molecule has 0 spiro atoms. The zero-order chi connectivity index (χ0) is 29.3. The number of aliphatic carboxylic acids is 2. The molecule has 17 heteroatoms. The zero-order valence-electron chi connectivity index (χ0n) is 20.1. The summed E-state index contributed by atoms with van der Waals surface area (Å²) in [4.78, 5) is 24.5. The predicted molar refractivity (Wildman–Crippen MR) is 125 cm³/mol. The van der Waals surface area contributed by atoms with E-state index in [-0.39, 0.29) is 5.25 Å². The highest BCUT2D eigenvalue weighted by Crippen LogP contribution is 2.25. The monoisotopic (exact) mass is 576 g/mol. The maximum Gasteiger partial charge on any atom is 0.490 e. The number of carboxylic acid groups (broad SMARTS) is 2. The third-order valence-electron chi connectivity index (χ3n) is 4.72. The number of pyridine rings is 1. The van der Waals surface area contributed by atoms with E-state index in [9.17, 15) is 34.8 Å². The lowest BCUT2D eigenvalue weighted by atomic mass is 10.2. The number of anilines is 1. The molecule has 10 nitrogen and oxygen atoms in total. The number of benzene rings is 1. The first kappa shape index (κ1) is 32.8. The van der Waals surface area contributed by atoms with Crippen LogP contribution in [0.5, 0.6) is 0 Å². The van der Waals surface area contributed by atoms with Gasteiger partial charge in [0.2, 0.25) is 10.0 Å². The molecule has 1 aliphatic heterocycles. The Labute approximate surface area is 213 Å². The normalized spacial score (nSPS) is 14.7. The van der Waals surface area contributed by atoms with E-state index < -0.39 is 34.3 Å². The molecule has 0 unspecified atom stereocenters. The number of nitrogens with one attached hydrogen (secondary N) is 2. The second-order valence-corrected chi connectivity index (χ2v) is 10.1. The molecule has 0 atom stereocenters. The van der Waals surface area contributed by atoms with E-state index in [0.717, 1.165) is 24.2 Å². The van der Waals surface area contributed by atoms with Crippen LogP contribution in [0.25, 0.3) is 10.9 Å². The Hall–Kier alpha value is -3.18. The van der Waals surface area contributed by atoms with E-state index in [1.54, 1.807) is 6.07 Å². The fourth-order valence-corrected chi connectivity index (χ4v) is 4.52. The number of nitrogens with zero attached hydrogens (tertiary/aromatic N) is 2. The van der Waals surface area contributed by atoms with Crippen molar-refractivity contribution < 1.29 is 54.6 Å². The molecule has 0 radical (unpaired) electrons. The molecule has 0 bridgehead atoms. The lowest BCUT2D eigenvalue weighted by Gasteiger charge is -2.23. The number of aromatic nitrogens is 1. The van der Waals surface area contributed by atoms with E-state index in [4.69, 9.17) is 19.8 Å². The van der Waals surface area contributed by atoms with Crippen molar-refractivity contribution in [3.63, 3.8) is 0 Å². The number of piperidine rings is 1. The lowest BCUT2D eigenvalue weighted by molar-refractivity contribution is -0.193. The molecule has 214 valence electrons. The smallest absolute Gasteiger partial charge is 0.475 e. The zero-order valence-corrected chi connectivity index (χ0v) is 20.9. The molecular weight excluding hydrogens is 550 g/mol. The number of para-hydroxylation sites is 1. The summed E-state index contributed by atoms with van der Waals surface area (Å²) in [6.07, 6.45) is -8.89. The summed E-state index contributed by atoms with van der Waals surface area (Å²) in [5.74, 6) is -5.51. The van der Waals surface area contributed by atoms with E-state index >= 15 is 0 Å². The second kappa shape index (κ2) is 13.6. The van der Waals surface area contributed by atoms with Crippen LogP contribution in [0.3, 0.4) is 0 Å². The Balaban J connectivity index is 0.000000426. The number of rotatable bonds is 5. The number of carboxylic acids is 2. The van der Waals surface area contributed by atoms with E-state index in [1.807, 2.05) is 43.3 Å². The van der Waals surface area contributed by atoms with Crippen LogP contribution in [0.2, 0.25) is 0 Å². The van der Waals surface area contributed by atoms with Crippen LogP contribution in [-0.2, 0) is 26.2 Å². The molecule has 38 heavy (non-hydrogen) atoms. The third-order valence-corrected chi connectivity index (χ3v) is 6.57. The van der Waals surface area contributed by atoms with Crippen molar-refractivity contribution in [2.45, 2.75) is 37.0 Å². The van der Waals surface area contributed by atoms with Crippen molar-refractivity contribution in [3.05, 3.63) is 36.0 Å². The van der Waals surface area contributed by atoms with Gasteiger partial charge in [0.25, 0.3) is 0 Å². The lowest BCUT2D eigenvalue weighted by Crippen LogP contribution is -2.38. The molecule has 1 fully saturated rings. The topological polar surface area (TPSA) is 149 Å². The Morgan fingerprint density at radius 2 is 1.50 bits per heavy atom. The van der Waals surface area contributed by atoms with Crippen LogP contribution in [0, 0.1) is 0 Å². The number of hydrogen-bond donors (Lipinski definition) is 4. The average Bonchev–Trinajstić information content (AvgIpc) is 2.79. The average molecular weight is 577 g/mol. The fourth-order valence-electron chi connectivity index (χ4n) is 3.02. The summed E-state index contributed by atoms with van der Waals surface area (Å²) >= 11 is 0. The van der Waals surface area contributed by atoms with Gasteiger partial charge in [-0.25, -0.2) is 23.0 Å². The molecule has 0 aliphatic carbocycles. The van der Waals surface area contributed by atoms with Gasteiger partial charge in [-0.15, -0.1) is 0 Å². The van der Waals surface area contributed by atoms with Gasteiger partial charge in [-0.2, -0.15) is 26.3 Å². The Morgan fingerprint density at radius 3 is 1.95 bits per heavy atom. The van der Waals surface area contributed by atoms with Crippen molar-refractivity contribution in [2.75, 3.05) is 31.9 Å². The molecule has 1 aliphatic rings. The van der Waals surface area contributed by atoms with Crippen molar-refractivity contribution in [2.24, 2.45) is 0 Å². The van der Waals surface area contributed by atoms with Gasteiger partial charge >= 0.3 is 24.3 Å². The molecule has 2 heterocycles. The first-order chi connectivity index (χ1) is 17.3. The third kappa shape index (κ3) is 11.1. The molecule has 0 saturated carbocycles. The minimum atomic E-state index is -5.08. The summed E-state index contributed by atoms with van der Waals surface area (Å²) < 4.78 is 91.6. The molecule has 1 saturated heterocycles. The van der Waals surface area contributed by atoms with Crippen molar-refractivity contribution in [1.82, 2.24) is 15.2 Å². The van der Waals surface area contributed by atoms with Crippen LogP contribution in [0.15, 0.2) is 30.3 Å². The standard InChI is InChI=1S/C17H24N4O2S.2C2HF3O2/c1-21(2)12-14-7-6-13-4-3-5-16(17(13)19-14)20-24(22,23)15-8-10-18-11-9-15;2*3-2(4,5)1(6)7/h3-7,15,18,20H,8-12H2,1-2H3;2*(H,6,7). The molecule has 4 N–H and O–H groups in total. The van der Waals surface area contributed by atoms with Gasteiger partial charge in [-0.1, -0.05) is 18.2 Å².